The van der Waals surface area contributed by atoms with Crippen LogP contribution in [0.3, 0.4) is 0 Å². The summed E-state index contributed by atoms with van der Waals surface area (Å²) in [5, 5.41) is 8.39. The molecule has 1 rings (SSSR count). The van der Waals surface area contributed by atoms with E-state index in [9.17, 15) is 3.89 Å². The molecule has 0 aliphatic heterocycles. The minimum absolute atomic E-state index is 0.0502. The van der Waals surface area contributed by atoms with Gasteiger partial charge in [-0.3, -0.25) is 0 Å². The Bertz CT molecular complexity index is 307. The summed E-state index contributed by atoms with van der Waals surface area (Å²) in [7, 11) is 0. The standard InChI is InChI=1S/C6H4FN3S/c7-11-4-1-5(9)6(2-8)10-3-4/h1,3H,9H2. The maximum atomic E-state index is 11.9. The fourth-order valence-electron chi connectivity index (χ4n) is 0.597. The predicted molar refractivity (Wildman–Crippen MR) is 40.3 cm³/mol. The van der Waals surface area contributed by atoms with E-state index in [4.69, 9.17) is 11.0 Å². The molecule has 0 radical (unpaired) electrons. The number of halogens is 1. The van der Waals surface area contributed by atoms with Crippen LogP contribution in [-0.4, -0.2) is 4.98 Å². The molecular formula is C6H4FN3S. The second-order valence-electron chi connectivity index (χ2n) is 1.80. The molecule has 0 aliphatic carbocycles. The van der Waals surface area contributed by atoms with Gasteiger partial charge in [0.1, 0.15) is 6.07 Å². The van der Waals surface area contributed by atoms with E-state index in [0.717, 1.165) is 0 Å². The van der Waals surface area contributed by atoms with Gasteiger partial charge in [0.25, 0.3) is 0 Å². The average molecular weight is 169 g/mol. The number of nitriles is 1. The van der Waals surface area contributed by atoms with E-state index in [1.165, 1.54) is 12.3 Å². The van der Waals surface area contributed by atoms with Crippen LogP contribution in [0, 0.1) is 11.3 Å². The Balaban J connectivity index is 3.12. The quantitative estimate of drug-likeness (QED) is 0.692. The summed E-state index contributed by atoms with van der Waals surface area (Å²) >= 11 is 0.0502. The molecule has 3 nitrogen and oxygen atoms in total. The van der Waals surface area contributed by atoms with Crippen molar-refractivity contribution < 1.29 is 3.89 Å². The van der Waals surface area contributed by atoms with Crippen molar-refractivity contribution in [3.8, 4) is 6.07 Å². The van der Waals surface area contributed by atoms with Crippen molar-refractivity contribution in [1.29, 1.82) is 5.26 Å². The number of rotatable bonds is 1. The predicted octanol–water partition coefficient (Wildman–Crippen LogP) is 1.51. The Morgan fingerprint density at radius 1 is 1.73 bits per heavy atom. The van der Waals surface area contributed by atoms with Gasteiger partial charge in [-0.25, -0.2) is 4.98 Å². The summed E-state index contributed by atoms with van der Waals surface area (Å²) in [4.78, 5) is 3.93. The van der Waals surface area contributed by atoms with Crippen LogP contribution in [0.4, 0.5) is 9.57 Å². The lowest BCUT2D eigenvalue weighted by atomic mass is 10.3. The first-order valence-corrected chi connectivity index (χ1v) is 3.44. The fourth-order valence-corrected chi connectivity index (χ4v) is 0.861. The number of aromatic nitrogens is 1. The van der Waals surface area contributed by atoms with E-state index in [0.29, 0.717) is 4.90 Å². The lowest BCUT2D eigenvalue weighted by Gasteiger charge is -1.95. The number of anilines is 1. The molecule has 0 saturated carbocycles. The first-order valence-electron chi connectivity index (χ1n) is 2.72. The van der Waals surface area contributed by atoms with Crippen LogP contribution in [0.15, 0.2) is 17.2 Å². The second kappa shape index (κ2) is 3.21. The Hall–Kier alpha value is -1.28. The van der Waals surface area contributed by atoms with Gasteiger partial charge in [0, 0.05) is 6.20 Å². The summed E-state index contributed by atoms with van der Waals surface area (Å²) in [6.45, 7) is 0. The number of nitrogens with two attached hydrogens (primary N) is 1. The molecule has 0 amide bonds. The normalized spacial score (nSPS) is 9.09. The smallest absolute Gasteiger partial charge is 0.163 e. The van der Waals surface area contributed by atoms with E-state index in [1.807, 2.05) is 0 Å². The molecule has 1 heterocycles. The van der Waals surface area contributed by atoms with Crippen molar-refractivity contribution in [1.82, 2.24) is 4.98 Å². The molecule has 0 spiro atoms. The number of hydrogen-bond acceptors (Lipinski definition) is 4. The number of pyridine rings is 1. The molecule has 1 aromatic rings. The van der Waals surface area contributed by atoms with Crippen LogP contribution in [0.5, 0.6) is 0 Å². The maximum Gasteiger partial charge on any atom is 0.163 e. The topological polar surface area (TPSA) is 62.7 Å². The third-order valence-electron chi connectivity index (χ3n) is 1.09. The lowest BCUT2D eigenvalue weighted by Crippen LogP contribution is -1.93. The van der Waals surface area contributed by atoms with Gasteiger partial charge in [-0.05, 0) is 6.07 Å². The molecule has 0 aromatic carbocycles. The largest absolute Gasteiger partial charge is 0.396 e. The summed E-state index contributed by atoms with van der Waals surface area (Å²) < 4.78 is 11.9. The minimum atomic E-state index is 0.0502. The van der Waals surface area contributed by atoms with Gasteiger partial charge in [-0.15, -0.1) is 0 Å². The van der Waals surface area contributed by atoms with Crippen LogP contribution in [0.1, 0.15) is 5.69 Å². The molecule has 0 atom stereocenters. The van der Waals surface area contributed by atoms with Crippen LogP contribution >= 0.6 is 12.1 Å². The molecule has 1 aromatic heterocycles. The van der Waals surface area contributed by atoms with Gasteiger partial charge in [-0.1, -0.05) is 0 Å². The van der Waals surface area contributed by atoms with E-state index < -0.39 is 0 Å². The van der Waals surface area contributed by atoms with Crippen LogP contribution in [0.2, 0.25) is 0 Å². The first-order chi connectivity index (χ1) is 5.27. The molecule has 0 bridgehead atoms. The Morgan fingerprint density at radius 3 is 2.91 bits per heavy atom. The van der Waals surface area contributed by atoms with Crippen LogP contribution in [0.25, 0.3) is 0 Å². The van der Waals surface area contributed by atoms with E-state index in [-0.39, 0.29) is 23.5 Å². The highest BCUT2D eigenvalue weighted by molar-refractivity contribution is 7.94. The van der Waals surface area contributed by atoms with Gasteiger partial charge in [0.2, 0.25) is 0 Å². The molecular weight excluding hydrogens is 165 g/mol. The Kier molecular flexibility index (Phi) is 2.28. The third kappa shape index (κ3) is 1.59. The highest BCUT2D eigenvalue weighted by Gasteiger charge is 2.00. The van der Waals surface area contributed by atoms with E-state index >= 15 is 0 Å². The summed E-state index contributed by atoms with van der Waals surface area (Å²) in [6, 6.07) is 3.15. The lowest BCUT2D eigenvalue weighted by molar-refractivity contribution is 0.931. The zero-order chi connectivity index (χ0) is 8.27. The summed E-state index contributed by atoms with van der Waals surface area (Å²) in [6.07, 6.45) is 1.26. The molecule has 56 valence electrons. The number of nitrogen functional groups attached to an aromatic ring is 1. The SMILES string of the molecule is N#Cc1ncc(SF)cc1N. The van der Waals surface area contributed by atoms with Gasteiger partial charge < -0.3 is 5.73 Å². The van der Waals surface area contributed by atoms with Crippen LogP contribution < -0.4 is 5.73 Å². The minimum Gasteiger partial charge on any atom is -0.396 e. The average Bonchev–Trinajstić information content (AvgIpc) is 2.04. The second-order valence-corrected chi connectivity index (χ2v) is 2.42. The zero-order valence-corrected chi connectivity index (χ0v) is 6.23. The molecule has 11 heavy (non-hydrogen) atoms. The van der Waals surface area contributed by atoms with Gasteiger partial charge >= 0.3 is 0 Å². The van der Waals surface area contributed by atoms with Gasteiger partial charge in [0.15, 0.2) is 5.69 Å². The number of nitrogens with zero attached hydrogens (tertiary/aromatic N) is 2. The molecule has 0 aliphatic rings. The van der Waals surface area contributed by atoms with E-state index in [2.05, 4.69) is 4.98 Å². The van der Waals surface area contributed by atoms with Crippen molar-refractivity contribution in [2.45, 2.75) is 4.90 Å². The Morgan fingerprint density at radius 2 is 2.45 bits per heavy atom. The first kappa shape index (κ1) is 7.82. The summed E-state index contributed by atoms with van der Waals surface area (Å²) in [5.74, 6) is 0. The molecule has 0 fully saturated rings. The maximum absolute atomic E-state index is 11.9. The van der Waals surface area contributed by atoms with Crippen molar-refractivity contribution in [3.05, 3.63) is 18.0 Å². The molecule has 0 saturated heterocycles. The van der Waals surface area contributed by atoms with Crippen molar-refractivity contribution in [3.63, 3.8) is 0 Å². The van der Waals surface area contributed by atoms with Gasteiger partial charge in [0.05, 0.1) is 22.7 Å². The van der Waals surface area contributed by atoms with Crippen molar-refractivity contribution >= 4 is 17.8 Å². The number of hydrogen-bond donors (Lipinski definition) is 1. The zero-order valence-electron chi connectivity index (χ0n) is 5.41. The van der Waals surface area contributed by atoms with Crippen molar-refractivity contribution in [2.75, 3.05) is 5.73 Å². The molecule has 5 heteroatoms. The van der Waals surface area contributed by atoms with Crippen LogP contribution in [-0.2, 0) is 0 Å². The van der Waals surface area contributed by atoms with E-state index in [1.54, 1.807) is 6.07 Å². The Labute approximate surface area is 67.3 Å². The summed E-state index contributed by atoms with van der Waals surface area (Å²) in [5.41, 5.74) is 5.67. The van der Waals surface area contributed by atoms with Crippen molar-refractivity contribution in [2.24, 2.45) is 0 Å². The monoisotopic (exact) mass is 169 g/mol. The van der Waals surface area contributed by atoms with Gasteiger partial charge in [-0.2, -0.15) is 9.15 Å². The highest BCUT2D eigenvalue weighted by Crippen LogP contribution is 2.20. The highest BCUT2D eigenvalue weighted by atomic mass is 32.2. The molecule has 0 unspecified atom stereocenters. The third-order valence-corrected chi connectivity index (χ3v) is 1.49. The molecule has 2 N–H and O–H groups in total. The fraction of sp³-hybridized carbons (Fsp3) is 0.